The number of nitriles is 1. The van der Waals surface area contributed by atoms with Gasteiger partial charge in [0, 0.05) is 29.9 Å². The van der Waals surface area contributed by atoms with Gasteiger partial charge in [-0.05, 0) is 48.4 Å². The zero-order valence-corrected chi connectivity index (χ0v) is 16.3. The summed E-state index contributed by atoms with van der Waals surface area (Å²) in [5.41, 5.74) is -0.946. The third kappa shape index (κ3) is 4.26. The number of rotatable bonds is 4. The molecule has 11 heteroatoms. The van der Waals surface area contributed by atoms with Crippen molar-refractivity contribution in [1.82, 2.24) is 10.1 Å². The molecule has 0 saturated carbocycles. The molecule has 4 rings (SSSR count). The van der Waals surface area contributed by atoms with Crippen LogP contribution in [0.2, 0.25) is 0 Å². The maximum Gasteiger partial charge on any atom is 0.416 e. The molecule has 0 bridgehead atoms. The highest BCUT2D eigenvalue weighted by atomic mass is 19.4. The predicted octanol–water partition coefficient (Wildman–Crippen LogP) is 5.72. The van der Waals surface area contributed by atoms with Crippen molar-refractivity contribution in [2.75, 3.05) is 18.0 Å². The lowest BCUT2D eigenvalue weighted by atomic mass is 10.0. The van der Waals surface area contributed by atoms with Crippen molar-refractivity contribution in [3.63, 3.8) is 0 Å². The molecule has 2 aromatic carbocycles. The quantitative estimate of drug-likeness (QED) is 0.474. The van der Waals surface area contributed by atoms with Gasteiger partial charge in [-0.2, -0.15) is 36.6 Å². The van der Waals surface area contributed by atoms with Gasteiger partial charge in [-0.1, -0.05) is 5.16 Å². The molecule has 0 aliphatic carbocycles. The van der Waals surface area contributed by atoms with Gasteiger partial charge in [0.25, 0.3) is 5.89 Å². The second-order valence-electron chi connectivity index (χ2n) is 7.21. The van der Waals surface area contributed by atoms with E-state index in [1.807, 2.05) is 6.07 Å². The van der Waals surface area contributed by atoms with Crippen molar-refractivity contribution < 1.29 is 30.9 Å². The van der Waals surface area contributed by atoms with Crippen molar-refractivity contribution in [3.8, 4) is 28.9 Å². The van der Waals surface area contributed by atoms with Crippen LogP contribution in [0.1, 0.15) is 23.1 Å². The van der Waals surface area contributed by atoms with Crippen LogP contribution in [0, 0.1) is 11.3 Å². The maximum absolute atomic E-state index is 13.1. The Morgan fingerprint density at radius 1 is 0.969 bits per heavy atom. The van der Waals surface area contributed by atoms with Crippen LogP contribution >= 0.6 is 0 Å². The number of benzene rings is 2. The Kier molecular flexibility index (Phi) is 5.32. The van der Waals surface area contributed by atoms with Crippen LogP contribution in [0.25, 0.3) is 22.8 Å². The molecule has 0 unspecified atom stereocenters. The molecule has 0 saturated heterocycles. The molecular formula is C21H14F6N4O. The fraction of sp³-hybridized carbons (Fsp3) is 0.286. The van der Waals surface area contributed by atoms with E-state index in [0.717, 1.165) is 24.2 Å². The van der Waals surface area contributed by atoms with E-state index in [-0.39, 0.29) is 11.9 Å². The summed E-state index contributed by atoms with van der Waals surface area (Å²) >= 11 is 0. The summed E-state index contributed by atoms with van der Waals surface area (Å²) in [4.78, 5) is 6.08. The second-order valence-corrected chi connectivity index (χ2v) is 7.21. The van der Waals surface area contributed by atoms with Crippen LogP contribution in [0.3, 0.4) is 0 Å². The topological polar surface area (TPSA) is 66.0 Å². The smallest absolute Gasteiger partial charge is 0.370 e. The van der Waals surface area contributed by atoms with E-state index >= 15 is 0 Å². The van der Waals surface area contributed by atoms with Crippen LogP contribution in [-0.2, 0) is 18.8 Å². The number of hydrogen-bond acceptors (Lipinski definition) is 5. The number of alkyl halides is 6. The number of hydrogen-bond donors (Lipinski definition) is 0. The molecule has 0 atom stereocenters. The fourth-order valence-electron chi connectivity index (χ4n) is 3.56. The first-order chi connectivity index (χ1) is 15.1. The first-order valence-electron chi connectivity index (χ1n) is 9.45. The van der Waals surface area contributed by atoms with E-state index in [1.165, 1.54) is 0 Å². The molecular weight excluding hydrogens is 438 g/mol. The van der Waals surface area contributed by atoms with Gasteiger partial charge < -0.3 is 9.42 Å². The number of nitrogens with zero attached hydrogens (tertiary/aromatic N) is 4. The highest BCUT2D eigenvalue weighted by molar-refractivity contribution is 5.68. The molecule has 1 aliphatic rings. The minimum Gasteiger partial charge on any atom is -0.370 e. The number of aromatic nitrogens is 2. The normalized spacial score (nSPS) is 13.8. The Bertz CT molecular complexity index is 1160. The standard InChI is InChI=1S/C21H14F6N4O/c22-20(23,24)15-9-14(10-16(11-15)21(25,26)27)19-29-18(30-32-19)13-2-3-17-12(8-13)4-7-31(17)6-1-5-28/h2-3,8-11H,1,4,6-7H2. The first-order valence-corrected chi connectivity index (χ1v) is 9.45. The van der Waals surface area contributed by atoms with Crippen molar-refractivity contribution in [1.29, 1.82) is 5.26 Å². The second kappa shape index (κ2) is 7.85. The van der Waals surface area contributed by atoms with Crippen molar-refractivity contribution in [2.45, 2.75) is 25.2 Å². The van der Waals surface area contributed by atoms with Crippen molar-refractivity contribution >= 4 is 5.69 Å². The van der Waals surface area contributed by atoms with Gasteiger partial charge in [0.15, 0.2) is 0 Å². The fourth-order valence-corrected chi connectivity index (χ4v) is 3.56. The van der Waals surface area contributed by atoms with Crippen LogP contribution in [0.15, 0.2) is 40.9 Å². The van der Waals surface area contributed by atoms with Gasteiger partial charge >= 0.3 is 12.4 Å². The number of anilines is 1. The largest absolute Gasteiger partial charge is 0.416 e. The van der Waals surface area contributed by atoms with Gasteiger partial charge in [-0.3, -0.25) is 0 Å². The minimum atomic E-state index is -4.98. The van der Waals surface area contributed by atoms with Crippen LogP contribution < -0.4 is 4.90 Å². The molecule has 0 spiro atoms. The van der Waals surface area contributed by atoms with E-state index < -0.39 is 34.9 Å². The molecule has 32 heavy (non-hydrogen) atoms. The average molecular weight is 452 g/mol. The van der Waals surface area contributed by atoms with E-state index in [2.05, 4.69) is 21.1 Å². The summed E-state index contributed by atoms with van der Waals surface area (Å²) < 4.78 is 83.6. The van der Waals surface area contributed by atoms with Gasteiger partial charge in [-0.25, -0.2) is 0 Å². The molecule has 3 aromatic rings. The average Bonchev–Trinajstić information content (AvgIpc) is 3.37. The SMILES string of the molecule is N#CCCN1CCc2cc(-c3noc(-c4cc(C(F)(F)F)cc(C(F)(F)F)c4)n3)ccc21. The van der Waals surface area contributed by atoms with Crippen LogP contribution in [0.5, 0.6) is 0 Å². The zero-order chi connectivity index (χ0) is 23.1. The summed E-state index contributed by atoms with van der Waals surface area (Å²) in [6.07, 6.45) is -8.85. The maximum atomic E-state index is 13.1. The third-order valence-electron chi connectivity index (χ3n) is 5.08. The van der Waals surface area contributed by atoms with E-state index in [4.69, 9.17) is 9.78 Å². The molecule has 0 radical (unpaired) electrons. The lowest BCUT2D eigenvalue weighted by Crippen LogP contribution is -2.21. The molecule has 5 nitrogen and oxygen atoms in total. The molecule has 1 aliphatic heterocycles. The van der Waals surface area contributed by atoms with E-state index in [0.29, 0.717) is 30.7 Å². The summed E-state index contributed by atoms with van der Waals surface area (Å²) in [5, 5.41) is 12.5. The Labute approximate surface area is 177 Å². The summed E-state index contributed by atoms with van der Waals surface area (Å²) in [7, 11) is 0. The van der Waals surface area contributed by atoms with Crippen molar-refractivity contribution in [2.24, 2.45) is 0 Å². The summed E-state index contributed by atoms with van der Waals surface area (Å²) in [6, 6.07) is 8.52. The van der Waals surface area contributed by atoms with E-state index in [1.54, 1.807) is 12.1 Å². The summed E-state index contributed by atoms with van der Waals surface area (Å²) in [5.74, 6) is -0.406. The van der Waals surface area contributed by atoms with Gasteiger partial charge in [0.2, 0.25) is 5.82 Å². The highest BCUT2D eigenvalue weighted by Gasteiger charge is 2.37. The Hall–Kier alpha value is -3.55. The molecule has 0 amide bonds. The van der Waals surface area contributed by atoms with E-state index in [9.17, 15) is 26.3 Å². The zero-order valence-electron chi connectivity index (χ0n) is 16.3. The molecule has 166 valence electrons. The third-order valence-corrected chi connectivity index (χ3v) is 5.08. The lowest BCUT2D eigenvalue weighted by molar-refractivity contribution is -0.143. The Morgan fingerprint density at radius 2 is 1.66 bits per heavy atom. The predicted molar refractivity (Wildman–Crippen MR) is 101 cm³/mol. The molecule has 1 aromatic heterocycles. The van der Waals surface area contributed by atoms with Crippen LogP contribution in [0.4, 0.5) is 32.0 Å². The van der Waals surface area contributed by atoms with Gasteiger partial charge in [0.05, 0.1) is 23.6 Å². The molecule has 0 fully saturated rings. The van der Waals surface area contributed by atoms with Gasteiger partial charge in [0.1, 0.15) is 0 Å². The minimum absolute atomic E-state index is 0.0410. The monoisotopic (exact) mass is 452 g/mol. The van der Waals surface area contributed by atoms with Gasteiger partial charge in [-0.15, -0.1) is 0 Å². The Balaban J connectivity index is 1.67. The number of fused-ring (bicyclic) bond motifs is 1. The number of halogens is 6. The Morgan fingerprint density at radius 3 is 2.28 bits per heavy atom. The highest BCUT2D eigenvalue weighted by Crippen LogP contribution is 2.39. The summed E-state index contributed by atoms with van der Waals surface area (Å²) in [6.45, 7) is 1.33. The lowest BCUT2D eigenvalue weighted by Gasteiger charge is -2.17. The molecule has 0 N–H and O–H groups in total. The molecule has 2 heterocycles. The van der Waals surface area contributed by atoms with Crippen molar-refractivity contribution in [3.05, 3.63) is 53.1 Å². The van der Waals surface area contributed by atoms with Crippen LogP contribution in [-0.4, -0.2) is 23.2 Å². The first kappa shape index (κ1) is 21.7.